The first-order valence-electron chi connectivity index (χ1n) is 8.84. The van der Waals surface area contributed by atoms with Gasteiger partial charge in [0, 0.05) is 23.7 Å². The molecule has 2 aromatic carbocycles. The first-order chi connectivity index (χ1) is 15.2. The zero-order valence-corrected chi connectivity index (χ0v) is 18.2. The number of carbonyl (C=O) groups is 1. The van der Waals surface area contributed by atoms with Gasteiger partial charge in [-0.05, 0) is 35.7 Å². The summed E-state index contributed by atoms with van der Waals surface area (Å²) in [5.41, 5.74) is 2.07. The summed E-state index contributed by atoms with van der Waals surface area (Å²) in [6.45, 7) is -0.0744. The number of rotatable bonds is 6. The fraction of sp³-hybridized carbons (Fsp3) is 0.0526. The molecule has 32 heavy (non-hydrogen) atoms. The van der Waals surface area contributed by atoms with E-state index in [1.54, 1.807) is 18.3 Å². The second kappa shape index (κ2) is 8.37. The van der Waals surface area contributed by atoms with Crippen LogP contribution < -0.4 is 9.62 Å². The molecule has 2 heterocycles. The molecular formula is C19H13ClF2N4O4S2. The Kier molecular flexibility index (Phi) is 5.75. The van der Waals surface area contributed by atoms with Crippen molar-refractivity contribution in [2.24, 2.45) is 0 Å². The number of benzene rings is 2. The van der Waals surface area contributed by atoms with Gasteiger partial charge in [0.25, 0.3) is 10.0 Å². The topological polar surface area (TPSA) is 115 Å². The van der Waals surface area contributed by atoms with Crippen LogP contribution >= 0.6 is 22.9 Å². The van der Waals surface area contributed by atoms with Crippen molar-refractivity contribution in [1.29, 1.82) is 0 Å². The number of aromatic amines is 1. The van der Waals surface area contributed by atoms with Gasteiger partial charge in [-0.2, -0.15) is 0 Å². The van der Waals surface area contributed by atoms with Gasteiger partial charge in [0.15, 0.2) is 5.82 Å². The molecule has 0 saturated heterocycles. The van der Waals surface area contributed by atoms with Crippen molar-refractivity contribution in [2.75, 3.05) is 9.62 Å². The Morgan fingerprint density at radius 1 is 1.25 bits per heavy atom. The Morgan fingerprint density at radius 2 is 2.03 bits per heavy atom. The highest BCUT2D eigenvalue weighted by Gasteiger charge is 2.35. The number of hydrogen-bond acceptors (Lipinski definition) is 6. The predicted octanol–water partition coefficient (Wildman–Crippen LogP) is 5.04. The summed E-state index contributed by atoms with van der Waals surface area (Å²) in [7, 11) is -4.86. The normalized spacial score (nSPS) is 11.6. The number of sulfonamides is 1. The molecule has 2 aromatic heterocycles. The SMILES string of the molecule is O=C(O)N(c1cscn1)S(=O)(=O)c1cc(Cl)c(NCc2c(F)ccc3cc[nH]c23)cc1F. The molecule has 0 atom stereocenters. The van der Waals surface area contributed by atoms with E-state index in [-0.39, 0.29) is 27.1 Å². The zero-order valence-electron chi connectivity index (χ0n) is 15.8. The van der Waals surface area contributed by atoms with Crippen molar-refractivity contribution in [1.82, 2.24) is 9.97 Å². The molecule has 0 bridgehead atoms. The number of nitrogens with one attached hydrogen (secondary N) is 2. The summed E-state index contributed by atoms with van der Waals surface area (Å²) in [5, 5.41) is 13.9. The third kappa shape index (κ3) is 3.87. The van der Waals surface area contributed by atoms with E-state index >= 15 is 0 Å². The van der Waals surface area contributed by atoms with E-state index < -0.39 is 38.5 Å². The average molecular weight is 499 g/mol. The van der Waals surface area contributed by atoms with Crippen molar-refractivity contribution >= 4 is 61.5 Å². The van der Waals surface area contributed by atoms with Crippen LogP contribution in [0.1, 0.15) is 5.56 Å². The van der Waals surface area contributed by atoms with Crippen LogP contribution in [0.4, 0.5) is 25.1 Å². The third-order valence-electron chi connectivity index (χ3n) is 4.58. The maximum absolute atomic E-state index is 14.8. The number of amides is 1. The molecule has 0 aliphatic rings. The minimum absolute atomic E-state index is 0.00149. The van der Waals surface area contributed by atoms with Crippen LogP contribution in [0.2, 0.25) is 5.02 Å². The lowest BCUT2D eigenvalue weighted by Gasteiger charge is -2.18. The molecule has 0 spiro atoms. The lowest BCUT2D eigenvalue weighted by Crippen LogP contribution is -2.36. The number of thiazole rings is 1. The molecule has 8 nitrogen and oxygen atoms in total. The molecule has 4 aromatic rings. The number of aromatic nitrogens is 2. The molecule has 3 N–H and O–H groups in total. The molecule has 0 aliphatic carbocycles. The number of hydrogen-bond donors (Lipinski definition) is 3. The number of fused-ring (bicyclic) bond motifs is 1. The van der Waals surface area contributed by atoms with E-state index in [0.29, 0.717) is 5.52 Å². The van der Waals surface area contributed by atoms with Crippen molar-refractivity contribution in [3.05, 3.63) is 69.6 Å². The number of H-pyrrole nitrogens is 1. The minimum Gasteiger partial charge on any atom is -0.464 e. The largest absolute Gasteiger partial charge is 0.464 e. The Balaban J connectivity index is 1.67. The summed E-state index contributed by atoms with van der Waals surface area (Å²) in [4.78, 5) is 17.2. The first-order valence-corrected chi connectivity index (χ1v) is 11.6. The van der Waals surface area contributed by atoms with Gasteiger partial charge in [0.05, 0.1) is 21.7 Å². The average Bonchev–Trinajstić information content (AvgIpc) is 3.41. The lowest BCUT2D eigenvalue weighted by atomic mass is 10.1. The molecule has 1 amide bonds. The molecule has 0 unspecified atom stereocenters. The van der Waals surface area contributed by atoms with Crippen LogP contribution in [-0.4, -0.2) is 29.6 Å². The fourth-order valence-corrected chi connectivity index (χ4v) is 5.31. The second-order valence-corrected chi connectivity index (χ2v) is 9.36. The summed E-state index contributed by atoms with van der Waals surface area (Å²) >= 11 is 7.11. The van der Waals surface area contributed by atoms with Crippen LogP contribution in [0.3, 0.4) is 0 Å². The van der Waals surface area contributed by atoms with Gasteiger partial charge < -0.3 is 15.4 Å². The van der Waals surface area contributed by atoms with Gasteiger partial charge in [-0.25, -0.2) is 27.0 Å². The van der Waals surface area contributed by atoms with E-state index in [2.05, 4.69) is 15.3 Å². The smallest absolute Gasteiger partial charge is 0.427 e. The predicted molar refractivity (Wildman–Crippen MR) is 117 cm³/mol. The monoisotopic (exact) mass is 498 g/mol. The Bertz CT molecular complexity index is 1420. The fourth-order valence-electron chi connectivity index (χ4n) is 3.11. The highest BCUT2D eigenvalue weighted by atomic mass is 35.5. The molecule has 0 saturated carbocycles. The van der Waals surface area contributed by atoms with Gasteiger partial charge in [0.2, 0.25) is 0 Å². The summed E-state index contributed by atoms with van der Waals surface area (Å²) < 4.78 is 54.7. The molecule has 0 radical (unpaired) electrons. The van der Waals surface area contributed by atoms with Crippen LogP contribution in [0, 0.1) is 11.6 Å². The van der Waals surface area contributed by atoms with Gasteiger partial charge in [-0.15, -0.1) is 15.6 Å². The van der Waals surface area contributed by atoms with Crippen LogP contribution in [0.15, 0.2) is 52.3 Å². The molecule has 0 fully saturated rings. The van der Waals surface area contributed by atoms with Crippen molar-refractivity contribution in [2.45, 2.75) is 11.4 Å². The standard InChI is InChI=1S/C19H13ClF2N4O4S2/c20-12-5-16(32(29,30)26(19(27)28)17-8-31-9-25-17)14(22)6-15(12)24-7-11-13(21)2-1-10-3-4-23-18(10)11/h1-6,8-9,23-24H,7H2,(H,27,28). The number of anilines is 2. The van der Waals surface area contributed by atoms with Crippen molar-refractivity contribution in [3.8, 4) is 0 Å². The Morgan fingerprint density at radius 3 is 2.72 bits per heavy atom. The third-order valence-corrected chi connectivity index (χ3v) is 7.15. The number of halogens is 3. The summed E-state index contributed by atoms with van der Waals surface area (Å²) in [5.74, 6) is -2.13. The van der Waals surface area contributed by atoms with E-state index in [1.807, 2.05) is 0 Å². The van der Waals surface area contributed by atoms with E-state index in [0.717, 1.165) is 28.9 Å². The highest BCUT2D eigenvalue weighted by molar-refractivity contribution is 7.93. The van der Waals surface area contributed by atoms with Crippen LogP contribution in [0.5, 0.6) is 0 Å². The molecule has 13 heteroatoms. The summed E-state index contributed by atoms with van der Waals surface area (Å²) in [6.07, 6.45) is -0.209. The molecule has 0 aliphatic heterocycles. The number of nitrogens with zero attached hydrogens (tertiary/aromatic N) is 2. The first kappa shape index (κ1) is 22.0. The van der Waals surface area contributed by atoms with Crippen molar-refractivity contribution in [3.63, 3.8) is 0 Å². The Hall–Kier alpha value is -3.22. The minimum atomic E-state index is -4.86. The van der Waals surface area contributed by atoms with Gasteiger partial charge >= 0.3 is 6.09 Å². The van der Waals surface area contributed by atoms with Crippen LogP contribution in [0.25, 0.3) is 10.9 Å². The second-order valence-electron chi connectivity index (χ2n) is 6.48. The summed E-state index contributed by atoms with van der Waals surface area (Å²) in [6, 6.07) is 6.27. The van der Waals surface area contributed by atoms with E-state index in [4.69, 9.17) is 11.6 Å². The molecular weight excluding hydrogens is 486 g/mol. The quantitative estimate of drug-likeness (QED) is 0.343. The van der Waals surface area contributed by atoms with Crippen molar-refractivity contribution < 1.29 is 27.1 Å². The van der Waals surface area contributed by atoms with Gasteiger partial charge in [-0.3, -0.25) is 0 Å². The van der Waals surface area contributed by atoms with Gasteiger partial charge in [-0.1, -0.05) is 11.6 Å². The molecule has 4 rings (SSSR count). The van der Waals surface area contributed by atoms with E-state index in [9.17, 15) is 27.1 Å². The number of carboxylic acid groups (broad SMARTS) is 1. The lowest BCUT2D eigenvalue weighted by molar-refractivity contribution is 0.206. The van der Waals surface area contributed by atoms with Gasteiger partial charge in [0.1, 0.15) is 16.5 Å². The Labute approximate surface area is 189 Å². The maximum Gasteiger partial charge on any atom is 0.427 e. The zero-order chi connectivity index (χ0) is 23.0. The molecule has 166 valence electrons. The van der Waals surface area contributed by atoms with Crippen LogP contribution in [-0.2, 0) is 16.6 Å². The maximum atomic E-state index is 14.8. The highest BCUT2D eigenvalue weighted by Crippen LogP contribution is 2.32. The van der Waals surface area contributed by atoms with E-state index in [1.165, 1.54) is 17.0 Å².